The van der Waals surface area contributed by atoms with Crippen LogP contribution in [-0.2, 0) is 0 Å². The van der Waals surface area contributed by atoms with Crippen LogP contribution in [0.15, 0.2) is 29.8 Å². The highest BCUT2D eigenvalue weighted by Gasteiger charge is 2.17. The van der Waals surface area contributed by atoms with Crippen LogP contribution in [-0.4, -0.2) is 34.2 Å². The lowest BCUT2D eigenvalue weighted by Gasteiger charge is -2.25. The molecule has 1 saturated heterocycles. The van der Waals surface area contributed by atoms with Crippen molar-refractivity contribution in [2.24, 2.45) is 0 Å². The fraction of sp³-hybridized carbons (Fsp3) is 0.333. The molecule has 0 bridgehead atoms. The molecule has 1 aliphatic rings. The first-order valence-corrected chi connectivity index (χ1v) is 6.26. The zero-order valence-corrected chi connectivity index (χ0v) is 10.9. The first-order chi connectivity index (χ1) is 9.15. The van der Waals surface area contributed by atoms with Crippen molar-refractivity contribution in [2.45, 2.75) is 19.8 Å². The summed E-state index contributed by atoms with van der Waals surface area (Å²) >= 11 is 0. The summed E-state index contributed by atoms with van der Waals surface area (Å²) in [4.78, 5) is 16.6. The summed E-state index contributed by atoms with van der Waals surface area (Å²) in [5.41, 5.74) is 2.74. The van der Waals surface area contributed by atoms with Crippen molar-refractivity contribution in [2.75, 3.05) is 13.1 Å². The second-order valence-electron chi connectivity index (χ2n) is 4.54. The zero-order chi connectivity index (χ0) is 13.7. The fourth-order valence-electron chi connectivity index (χ4n) is 2.01. The minimum Gasteiger partial charge on any atom is -0.465 e. The van der Waals surface area contributed by atoms with Gasteiger partial charge in [0.25, 0.3) is 0 Å². The lowest BCUT2D eigenvalue weighted by Crippen LogP contribution is -2.35. The third-order valence-electron chi connectivity index (χ3n) is 2.96. The number of hydrogen-bond donors (Lipinski definition) is 1. The number of carboxylic acid groups (broad SMARTS) is 1. The van der Waals surface area contributed by atoms with E-state index in [0.717, 1.165) is 29.8 Å². The number of allylic oxidation sites excluding steroid dienone is 1. The topological polar surface area (TPSA) is 53.4 Å². The van der Waals surface area contributed by atoms with E-state index in [1.807, 2.05) is 31.2 Å². The molecule has 4 nitrogen and oxygen atoms in total. The summed E-state index contributed by atoms with van der Waals surface area (Å²) in [6.07, 6.45) is 2.74. The molecule has 0 unspecified atom stereocenters. The van der Waals surface area contributed by atoms with Gasteiger partial charge in [-0.2, -0.15) is 0 Å². The standard InChI is InChI=1S/C15H16N2O2/c1-12-5-2-8-14(16-12)9-3-6-13-7-4-10-17(11-13)15(18)19/h2,5-6,8H,4,7,10-11H2,1H3,(H,18,19)/b13-6+. The Morgan fingerprint density at radius 1 is 1.53 bits per heavy atom. The average Bonchev–Trinajstić information content (AvgIpc) is 2.39. The molecule has 1 N–H and O–H groups in total. The first-order valence-electron chi connectivity index (χ1n) is 6.26. The molecule has 4 heteroatoms. The maximum atomic E-state index is 10.9. The van der Waals surface area contributed by atoms with Crippen LogP contribution >= 0.6 is 0 Å². The number of aryl methyl sites for hydroxylation is 1. The number of carbonyl (C=O) groups is 1. The van der Waals surface area contributed by atoms with Crippen molar-refractivity contribution < 1.29 is 9.90 Å². The minimum absolute atomic E-state index is 0.464. The molecule has 0 spiro atoms. The number of nitrogens with zero attached hydrogens (tertiary/aromatic N) is 2. The molecular formula is C15H16N2O2. The van der Waals surface area contributed by atoms with Crippen LogP contribution in [0.2, 0.25) is 0 Å². The second kappa shape index (κ2) is 6.05. The molecule has 2 heterocycles. The van der Waals surface area contributed by atoms with Crippen molar-refractivity contribution in [1.29, 1.82) is 0 Å². The monoisotopic (exact) mass is 256 g/mol. The molecule has 1 aromatic rings. The van der Waals surface area contributed by atoms with Gasteiger partial charge in [-0.1, -0.05) is 12.0 Å². The van der Waals surface area contributed by atoms with E-state index in [-0.39, 0.29) is 0 Å². The summed E-state index contributed by atoms with van der Waals surface area (Å²) in [5.74, 6) is 5.94. The van der Waals surface area contributed by atoms with Gasteiger partial charge in [0.05, 0.1) is 0 Å². The number of pyridine rings is 1. The summed E-state index contributed by atoms with van der Waals surface area (Å²) in [6, 6.07) is 5.71. The predicted molar refractivity (Wildman–Crippen MR) is 72.8 cm³/mol. The van der Waals surface area contributed by atoms with Crippen molar-refractivity contribution in [1.82, 2.24) is 9.88 Å². The lowest BCUT2D eigenvalue weighted by atomic mass is 10.1. The van der Waals surface area contributed by atoms with Crippen LogP contribution in [0.4, 0.5) is 4.79 Å². The highest BCUT2D eigenvalue weighted by molar-refractivity contribution is 5.65. The Bertz CT molecular complexity index is 567. The van der Waals surface area contributed by atoms with Gasteiger partial charge in [-0.05, 0) is 49.5 Å². The molecule has 1 aromatic heterocycles. The lowest BCUT2D eigenvalue weighted by molar-refractivity contribution is 0.144. The van der Waals surface area contributed by atoms with E-state index in [0.29, 0.717) is 13.1 Å². The average molecular weight is 256 g/mol. The van der Waals surface area contributed by atoms with Crippen molar-refractivity contribution in [3.8, 4) is 11.8 Å². The first kappa shape index (κ1) is 13.2. The van der Waals surface area contributed by atoms with E-state index < -0.39 is 6.09 Å². The quantitative estimate of drug-likeness (QED) is 0.725. The molecule has 1 amide bonds. The number of aromatic nitrogens is 1. The SMILES string of the molecule is Cc1cccc(C#C/C=C2\CCCN(C(=O)O)C2)n1. The molecule has 98 valence electrons. The molecule has 19 heavy (non-hydrogen) atoms. The Morgan fingerprint density at radius 2 is 2.37 bits per heavy atom. The van der Waals surface area contributed by atoms with Gasteiger partial charge in [-0.15, -0.1) is 0 Å². The molecule has 1 aliphatic heterocycles. The Morgan fingerprint density at radius 3 is 3.11 bits per heavy atom. The Kier molecular flexibility index (Phi) is 4.19. The van der Waals surface area contributed by atoms with Gasteiger partial charge in [0.2, 0.25) is 0 Å². The largest absolute Gasteiger partial charge is 0.465 e. The van der Waals surface area contributed by atoms with Gasteiger partial charge in [-0.3, -0.25) is 0 Å². The molecule has 0 aromatic carbocycles. The number of amides is 1. The predicted octanol–water partition coefficient (Wildman–Crippen LogP) is 2.44. The maximum absolute atomic E-state index is 10.9. The van der Waals surface area contributed by atoms with Gasteiger partial charge in [0, 0.05) is 18.8 Å². The molecule has 0 radical (unpaired) electrons. The van der Waals surface area contributed by atoms with Gasteiger partial charge in [0.15, 0.2) is 0 Å². The second-order valence-corrected chi connectivity index (χ2v) is 4.54. The van der Waals surface area contributed by atoms with Gasteiger partial charge in [0.1, 0.15) is 5.69 Å². The molecule has 2 rings (SSSR count). The van der Waals surface area contributed by atoms with Crippen LogP contribution in [0.3, 0.4) is 0 Å². The third kappa shape index (κ3) is 3.85. The van der Waals surface area contributed by atoms with Crippen molar-refractivity contribution in [3.05, 3.63) is 41.2 Å². The molecule has 0 saturated carbocycles. The van der Waals surface area contributed by atoms with Crippen LogP contribution < -0.4 is 0 Å². The van der Waals surface area contributed by atoms with Crippen molar-refractivity contribution in [3.63, 3.8) is 0 Å². The smallest absolute Gasteiger partial charge is 0.407 e. The number of rotatable bonds is 0. The van der Waals surface area contributed by atoms with Crippen LogP contribution in [0, 0.1) is 18.8 Å². The Balaban J connectivity index is 2.04. The highest BCUT2D eigenvalue weighted by Crippen LogP contribution is 2.14. The summed E-state index contributed by atoms with van der Waals surface area (Å²) in [7, 11) is 0. The van der Waals surface area contributed by atoms with Crippen LogP contribution in [0.25, 0.3) is 0 Å². The van der Waals surface area contributed by atoms with Crippen molar-refractivity contribution >= 4 is 6.09 Å². The maximum Gasteiger partial charge on any atom is 0.407 e. The van der Waals surface area contributed by atoms with Gasteiger partial charge >= 0.3 is 6.09 Å². The van der Waals surface area contributed by atoms with Gasteiger partial charge < -0.3 is 10.0 Å². The van der Waals surface area contributed by atoms with E-state index >= 15 is 0 Å². The normalized spacial score (nSPS) is 16.9. The number of hydrogen-bond acceptors (Lipinski definition) is 2. The summed E-state index contributed by atoms with van der Waals surface area (Å²) in [6.45, 7) is 3.00. The molecule has 1 fully saturated rings. The van der Waals surface area contributed by atoms with E-state index in [1.165, 1.54) is 4.90 Å². The number of likely N-dealkylation sites (tertiary alicyclic amines) is 1. The molecule has 0 aliphatic carbocycles. The zero-order valence-electron chi connectivity index (χ0n) is 10.9. The van der Waals surface area contributed by atoms with E-state index in [9.17, 15) is 4.79 Å². The minimum atomic E-state index is -0.862. The van der Waals surface area contributed by atoms with E-state index in [4.69, 9.17) is 5.11 Å². The fourth-order valence-corrected chi connectivity index (χ4v) is 2.01. The van der Waals surface area contributed by atoms with Crippen LogP contribution in [0.1, 0.15) is 24.2 Å². The van der Waals surface area contributed by atoms with E-state index in [2.05, 4.69) is 16.8 Å². The molecule has 0 atom stereocenters. The summed E-state index contributed by atoms with van der Waals surface area (Å²) in [5, 5.41) is 8.94. The van der Waals surface area contributed by atoms with Crippen LogP contribution in [0.5, 0.6) is 0 Å². The number of piperidine rings is 1. The third-order valence-corrected chi connectivity index (χ3v) is 2.96. The Hall–Kier alpha value is -2.28. The highest BCUT2D eigenvalue weighted by atomic mass is 16.4. The molecular weight excluding hydrogens is 240 g/mol. The summed E-state index contributed by atoms with van der Waals surface area (Å²) < 4.78 is 0. The van der Waals surface area contributed by atoms with E-state index in [1.54, 1.807) is 0 Å². The van der Waals surface area contributed by atoms with Gasteiger partial charge in [-0.25, -0.2) is 9.78 Å². The Labute approximate surface area is 112 Å².